The molecule has 110 valence electrons. The molecule has 8 heteroatoms. The van der Waals surface area contributed by atoms with Crippen molar-refractivity contribution in [2.75, 3.05) is 5.32 Å². The van der Waals surface area contributed by atoms with Crippen molar-refractivity contribution < 1.29 is 14.7 Å². The van der Waals surface area contributed by atoms with Crippen LogP contribution >= 0.6 is 0 Å². The highest BCUT2D eigenvalue weighted by Gasteiger charge is 2.11. The van der Waals surface area contributed by atoms with Crippen LogP contribution in [0.3, 0.4) is 0 Å². The van der Waals surface area contributed by atoms with Crippen LogP contribution in [0.4, 0.5) is 10.5 Å². The normalized spacial score (nSPS) is 11.7. The van der Waals surface area contributed by atoms with Crippen LogP contribution in [0.2, 0.25) is 0 Å². The van der Waals surface area contributed by atoms with Crippen LogP contribution in [0.5, 0.6) is 0 Å². The number of amides is 2. The van der Waals surface area contributed by atoms with Crippen molar-refractivity contribution in [2.24, 2.45) is 0 Å². The van der Waals surface area contributed by atoms with Crippen LogP contribution in [-0.2, 0) is 11.2 Å². The number of carboxylic acids is 1. The molecule has 2 amide bonds. The van der Waals surface area contributed by atoms with Gasteiger partial charge in [-0.25, -0.2) is 9.78 Å². The summed E-state index contributed by atoms with van der Waals surface area (Å²) < 4.78 is 0. The van der Waals surface area contributed by atoms with Crippen LogP contribution in [0.25, 0.3) is 0 Å². The number of carbonyl (C=O) groups is 2. The molecule has 1 unspecified atom stereocenters. The Kier molecular flexibility index (Phi) is 4.50. The van der Waals surface area contributed by atoms with E-state index < -0.39 is 12.0 Å². The molecule has 2 aromatic heterocycles. The average Bonchev–Trinajstić information content (AvgIpc) is 2.94. The van der Waals surface area contributed by atoms with Crippen LogP contribution < -0.4 is 10.6 Å². The monoisotopic (exact) mass is 289 g/mol. The Labute approximate surface area is 120 Å². The summed E-state index contributed by atoms with van der Waals surface area (Å²) in [4.78, 5) is 33.3. The third-order valence-corrected chi connectivity index (χ3v) is 2.69. The second kappa shape index (κ2) is 6.51. The predicted molar refractivity (Wildman–Crippen MR) is 74.7 cm³/mol. The van der Waals surface area contributed by atoms with Crippen LogP contribution in [0, 0.1) is 0 Å². The van der Waals surface area contributed by atoms with Gasteiger partial charge in [0.15, 0.2) is 0 Å². The Hall–Kier alpha value is -2.90. The van der Waals surface area contributed by atoms with Crippen molar-refractivity contribution in [3.63, 3.8) is 0 Å². The van der Waals surface area contributed by atoms with Gasteiger partial charge in [0.05, 0.1) is 30.0 Å². The maximum Gasteiger partial charge on any atom is 0.319 e. The molecule has 8 nitrogen and oxygen atoms in total. The zero-order valence-electron chi connectivity index (χ0n) is 11.3. The van der Waals surface area contributed by atoms with E-state index >= 15 is 0 Å². The number of nitrogens with zero attached hydrogens (tertiary/aromatic N) is 2. The first-order valence-corrected chi connectivity index (χ1v) is 6.28. The van der Waals surface area contributed by atoms with E-state index in [9.17, 15) is 9.59 Å². The van der Waals surface area contributed by atoms with Crippen molar-refractivity contribution in [2.45, 2.75) is 19.4 Å². The van der Waals surface area contributed by atoms with Crippen LogP contribution in [-0.4, -0.2) is 32.1 Å². The summed E-state index contributed by atoms with van der Waals surface area (Å²) in [5.74, 6) is -0.298. The molecule has 1 atom stereocenters. The summed E-state index contributed by atoms with van der Waals surface area (Å²) in [6.07, 6.45) is 4.55. The van der Waals surface area contributed by atoms with Crippen molar-refractivity contribution >= 4 is 17.7 Å². The fraction of sp³-hybridized carbons (Fsp3) is 0.231. The smallest absolute Gasteiger partial charge is 0.319 e. The first-order chi connectivity index (χ1) is 10.0. The number of carboxylic acid groups (broad SMARTS) is 1. The summed E-state index contributed by atoms with van der Waals surface area (Å²) in [6, 6.07) is 2.49. The number of nitrogens with one attached hydrogen (secondary N) is 3. The van der Waals surface area contributed by atoms with E-state index in [1.54, 1.807) is 31.5 Å². The SMILES string of the molecule is CC(NC(=O)Nc1ccc(CC(=O)O)nc1)c1ncc[nH]1. The fourth-order valence-corrected chi connectivity index (χ4v) is 1.70. The lowest BCUT2D eigenvalue weighted by Crippen LogP contribution is -2.31. The molecule has 4 N–H and O–H groups in total. The standard InChI is InChI=1S/C13H15N5O3/c1-8(12-14-4-5-15-12)17-13(21)18-10-3-2-9(16-7-10)6-11(19)20/h2-5,7-8H,6H2,1H3,(H,14,15)(H,19,20)(H2,17,18,21). The van der Waals surface area contributed by atoms with E-state index in [1.807, 2.05) is 0 Å². The van der Waals surface area contributed by atoms with Crippen molar-refractivity contribution in [3.05, 3.63) is 42.2 Å². The van der Waals surface area contributed by atoms with Gasteiger partial charge >= 0.3 is 12.0 Å². The lowest BCUT2D eigenvalue weighted by atomic mass is 10.2. The van der Waals surface area contributed by atoms with Crippen molar-refractivity contribution in [1.29, 1.82) is 0 Å². The molecule has 0 bridgehead atoms. The van der Waals surface area contributed by atoms with E-state index in [0.717, 1.165) is 0 Å². The third-order valence-electron chi connectivity index (χ3n) is 2.69. The van der Waals surface area contributed by atoms with Gasteiger partial charge in [-0.3, -0.25) is 9.78 Å². The molecule has 0 aromatic carbocycles. The number of urea groups is 1. The van der Waals surface area contributed by atoms with Crippen molar-refractivity contribution in [1.82, 2.24) is 20.3 Å². The molecule has 0 saturated carbocycles. The van der Waals surface area contributed by atoms with Gasteiger partial charge in [-0.05, 0) is 19.1 Å². The number of rotatable bonds is 5. The Morgan fingerprint density at radius 1 is 1.38 bits per heavy atom. The molecule has 2 heterocycles. The van der Waals surface area contributed by atoms with Gasteiger partial charge in [-0.2, -0.15) is 0 Å². The molecule has 0 aliphatic rings. The highest BCUT2D eigenvalue weighted by Crippen LogP contribution is 2.09. The first kappa shape index (κ1) is 14.5. The van der Waals surface area contributed by atoms with Crippen molar-refractivity contribution in [3.8, 4) is 0 Å². The lowest BCUT2D eigenvalue weighted by molar-refractivity contribution is -0.136. The molecular formula is C13H15N5O3. The minimum absolute atomic E-state index is 0.151. The number of aromatic nitrogens is 3. The van der Waals surface area contributed by atoms with Crippen LogP contribution in [0.1, 0.15) is 24.5 Å². The number of aliphatic carboxylic acids is 1. The van der Waals surface area contributed by atoms with Gasteiger partial charge in [-0.1, -0.05) is 0 Å². The number of H-pyrrole nitrogens is 1. The molecule has 0 aliphatic carbocycles. The zero-order valence-corrected chi connectivity index (χ0v) is 11.3. The molecular weight excluding hydrogens is 274 g/mol. The van der Waals surface area contributed by atoms with Gasteiger partial charge < -0.3 is 20.7 Å². The third kappa shape index (κ3) is 4.30. The molecule has 2 rings (SSSR count). The van der Waals surface area contributed by atoms with E-state index in [0.29, 0.717) is 17.2 Å². The molecule has 21 heavy (non-hydrogen) atoms. The highest BCUT2D eigenvalue weighted by atomic mass is 16.4. The fourth-order valence-electron chi connectivity index (χ4n) is 1.70. The quantitative estimate of drug-likeness (QED) is 0.661. The molecule has 0 spiro atoms. The van der Waals surface area contributed by atoms with Gasteiger partial charge in [0.1, 0.15) is 5.82 Å². The Bertz CT molecular complexity index is 609. The average molecular weight is 289 g/mol. The van der Waals surface area contributed by atoms with Crippen LogP contribution in [0.15, 0.2) is 30.7 Å². The summed E-state index contributed by atoms with van der Waals surface area (Å²) in [5.41, 5.74) is 0.908. The second-order valence-corrected chi connectivity index (χ2v) is 4.40. The minimum Gasteiger partial charge on any atom is -0.481 e. The Balaban J connectivity index is 1.89. The number of pyridine rings is 1. The largest absolute Gasteiger partial charge is 0.481 e. The second-order valence-electron chi connectivity index (χ2n) is 4.40. The molecule has 0 fully saturated rings. The van der Waals surface area contributed by atoms with E-state index in [4.69, 9.17) is 5.11 Å². The van der Waals surface area contributed by atoms with Gasteiger partial charge in [0.2, 0.25) is 0 Å². The van der Waals surface area contributed by atoms with E-state index in [2.05, 4.69) is 25.6 Å². The minimum atomic E-state index is -0.951. The number of imidazole rings is 1. The van der Waals surface area contributed by atoms with E-state index in [1.165, 1.54) is 6.20 Å². The molecule has 2 aromatic rings. The maximum absolute atomic E-state index is 11.8. The number of hydrogen-bond acceptors (Lipinski definition) is 4. The number of carbonyl (C=O) groups excluding carboxylic acids is 1. The topological polar surface area (TPSA) is 120 Å². The Morgan fingerprint density at radius 3 is 2.76 bits per heavy atom. The summed E-state index contributed by atoms with van der Waals surface area (Å²) in [7, 11) is 0. The van der Waals surface area contributed by atoms with Gasteiger partial charge in [-0.15, -0.1) is 0 Å². The highest BCUT2D eigenvalue weighted by molar-refractivity contribution is 5.89. The molecule has 0 aliphatic heterocycles. The molecule has 0 saturated heterocycles. The first-order valence-electron chi connectivity index (χ1n) is 6.28. The lowest BCUT2D eigenvalue weighted by Gasteiger charge is -2.12. The number of hydrogen-bond donors (Lipinski definition) is 4. The predicted octanol–water partition coefficient (Wildman–Crippen LogP) is 1.31. The summed E-state index contributed by atoms with van der Waals surface area (Å²) in [6.45, 7) is 1.80. The maximum atomic E-state index is 11.8. The molecule has 0 radical (unpaired) electrons. The van der Waals surface area contributed by atoms with Gasteiger partial charge in [0.25, 0.3) is 0 Å². The summed E-state index contributed by atoms with van der Waals surface area (Å²) >= 11 is 0. The van der Waals surface area contributed by atoms with E-state index in [-0.39, 0.29) is 12.5 Å². The number of aromatic amines is 1. The van der Waals surface area contributed by atoms with Gasteiger partial charge in [0, 0.05) is 12.4 Å². The Morgan fingerprint density at radius 2 is 2.19 bits per heavy atom. The number of anilines is 1. The summed E-state index contributed by atoms with van der Waals surface area (Å²) in [5, 5.41) is 14.0. The zero-order chi connectivity index (χ0) is 15.2.